The zero-order valence-electron chi connectivity index (χ0n) is 7.00. The molecule has 0 radical (unpaired) electrons. The molecule has 1 unspecified atom stereocenters. The molecule has 0 aromatic carbocycles. The van der Waals surface area contributed by atoms with Gasteiger partial charge in [-0.25, -0.2) is 0 Å². The molecule has 62 valence electrons. The molecule has 0 amide bonds. The summed E-state index contributed by atoms with van der Waals surface area (Å²) in [6, 6.07) is 0. The van der Waals surface area contributed by atoms with E-state index in [1.807, 2.05) is 21.0 Å². The third-order valence-corrected chi connectivity index (χ3v) is 1.57. The average Bonchev–Trinajstić information content (AvgIpc) is 1.87. The first kappa shape index (κ1) is 10.3. The van der Waals surface area contributed by atoms with Gasteiger partial charge in [0.2, 0.25) is 0 Å². The summed E-state index contributed by atoms with van der Waals surface area (Å²) in [7, 11) is 4.04. The Morgan fingerprint density at radius 1 is 1.50 bits per heavy atom. The third kappa shape index (κ3) is 4.14. The van der Waals surface area contributed by atoms with Gasteiger partial charge in [-0.1, -0.05) is 0 Å². The normalized spacial score (nSPS) is 14.1. The highest BCUT2D eigenvalue weighted by Crippen LogP contribution is 2.02. The van der Waals surface area contributed by atoms with E-state index in [4.69, 9.17) is 4.74 Å². The molecule has 0 N–H and O–H groups in total. The first-order chi connectivity index (χ1) is 4.72. The molecule has 1 atom stereocenters. The van der Waals surface area contributed by atoms with Gasteiger partial charge in [-0.3, -0.25) is 4.90 Å². The fraction of sp³-hybridized carbons (Fsp3) is 1.00. The fourth-order valence-corrected chi connectivity index (χ4v) is 1.01. The first-order valence-electron chi connectivity index (χ1n) is 3.61. The number of nitrogens with zero attached hydrogens (tertiary/aromatic N) is 1. The van der Waals surface area contributed by atoms with Crippen LogP contribution < -0.4 is 0 Å². The Morgan fingerprint density at radius 2 is 2.10 bits per heavy atom. The monoisotopic (exact) mass is 163 g/mol. The van der Waals surface area contributed by atoms with E-state index >= 15 is 0 Å². The van der Waals surface area contributed by atoms with Gasteiger partial charge in [-0.05, 0) is 33.2 Å². The first-order valence-corrected chi connectivity index (χ1v) is 4.24. The summed E-state index contributed by atoms with van der Waals surface area (Å²) in [5, 5.41) is 0. The molecule has 2 nitrogen and oxygen atoms in total. The Balaban J connectivity index is 3.50. The van der Waals surface area contributed by atoms with E-state index in [9.17, 15) is 0 Å². The lowest BCUT2D eigenvalue weighted by Crippen LogP contribution is -2.31. The molecular weight excluding hydrogens is 146 g/mol. The van der Waals surface area contributed by atoms with E-state index in [0.717, 1.165) is 18.8 Å². The molecule has 0 fully saturated rings. The quantitative estimate of drug-likeness (QED) is 0.483. The minimum absolute atomic E-state index is 0.238. The average molecular weight is 163 g/mol. The lowest BCUT2D eigenvalue weighted by molar-refractivity contribution is -0.0308. The molecule has 3 heteroatoms. The predicted octanol–water partition coefficient (Wildman–Crippen LogP) is 1.23. The third-order valence-electron chi connectivity index (χ3n) is 1.31. The number of hydrogen-bond donors (Lipinski definition) is 1. The molecule has 0 saturated carbocycles. The van der Waals surface area contributed by atoms with Crippen LogP contribution in [-0.4, -0.2) is 37.6 Å². The van der Waals surface area contributed by atoms with Crippen molar-refractivity contribution in [3.63, 3.8) is 0 Å². The molecule has 0 bridgehead atoms. The van der Waals surface area contributed by atoms with Crippen LogP contribution in [0.4, 0.5) is 0 Å². The molecule has 0 aromatic rings. The van der Waals surface area contributed by atoms with E-state index in [-0.39, 0.29) is 6.23 Å². The molecular formula is C7H17NOS. The highest BCUT2D eigenvalue weighted by atomic mass is 32.1. The molecule has 0 saturated heterocycles. The van der Waals surface area contributed by atoms with Crippen LogP contribution in [0.15, 0.2) is 0 Å². The van der Waals surface area contributed by atoms with Crippen LogP contribution in [0.5, 0.6) is 0 Å². The second-order valence-electron chi connectivity index (χ2n) is 2.39. The standard InChI is InChI=1S/C7H17NOS/c1-4-9-7(5-6-10)8(2)3/h7,10H,4-6H2,1-3H3. The van der Waals surface area contributed by atoms with E-state index in [2.05, 4.69) is 17.5 Å². The van der Waals surface area contributed by atoms with Crippen molar-refractivity contribution in [1.82, 2.24) is 4.90 Å². The lowest BCUT2D eigenvalue weighted by atomic mass is 10.4. The van der Waals surface area contributed by atoms with E-state index in [0.29, 0.717) is 0 Å². The summed E-state index contributed by atoms with van der Waals surface area (Å²) in [6.45, 7) is 2.78. The Morgan fingerprint density at radius 3 is 2.40 bits per heavy atom. The van der Waals surface area contributed by atoms with Crippen LogP contribution in [0.25, 0.3) is 0 Å². The van der Waals surface area contributed by atoms with Gasteiger partial charge in [0.1, 0.15) is 6.23 Å². The van der Waals surface area contributed by atoms with Crippen molar-refractivity contribution in [3.05, 3.63) is 0 Å². The number of rotatable bonds is 5. The maximum absolute atomic E-state index is 5.42. The van der Waals surface area contributed by atoms with Crippen molar-refractivity contribution < 1.29 is 4.74 Å². The molecule has 0 aliphatic heterocycles. The van der Waals surface area contributed by atoms with Crippen molar-refractivity contribution in [2.45, 2.75) is 19.6 Å². The van der Waals surface area contributed by atoms with Gasteiger partial charge in [-0.15, -0.1) is 0 Å². The Kier molecular flexibility index (Phi) is 6.17. The van der Waals surface area contributed by atoms with Crippen LogP contribution in [0.2, 0.25) is 0 Å². The molecule has 0 aromatic heterocycles. The van der Waals surface area contributed by atoms with Crippen LogP contribution in [-0.2, 0) is 4.74 Å². The topological polar surface area (TPSA) is 12.5 Å². The van der Waals surface area contributed by atoms with Crippen LogP contribution >= 0.6 is 12.6 Å². The highest BCUT2D eigenvalue weighted by molar-refractivity contribution is 7.80. The molecule has 10 heavy (non-hydrogen) atoms. The van der Waals surface area contributed by atoms with Crippen molar-refractivity contribution in [2.75, 3.05) is 26.5 Å². The van der Waals surface area contributed by atoms with Gasteiger partial charge in [0.15, 0.2) is 0 Å². The van der Waals surface area contributed by atoms with Crippen molar-refractivity contribution >= 4 is 12.6 Å². The van der Waals surface area contributed by atoms with Crippen molar-refractivity contribution in [2.24, 2.45) is 0 Å². The molecule has 0 aliphatic carbocycles. The van der Waals surface area contributed by atoms with Crippen molar-refractivity contribution in [1.29, 1.82) is 0 Å². The Hall–Kier alpha value is 0.270. The predicted molar refractivity (Wildman–Crippen MR) is 47.6 cm³/mol. The van der Waals surface area contributed by atoms with Crippen LogP contribution in [0.3, 0.4) is 0 Å². The summed E-state index contributed by atoms with van der Waals surface area (Å²) < 4.78 is 5.42. The number of ether oxygens (including phenoxy) is 1. The maximum atomic E-state index is 5.42. The van der Waals surface area contributed by atoms with Gasteiger partial charge in [-0.2, -0.15) is 12.6 Å². The van der Waals surface area contributed by atoms with Gasteiger partial charge in [0.25, 0.3) is 0 Å². The minimum Gasteiger partial charge on any atom is -0.363 e. The second-order valence-corrected chi connectivity index (χ2v) is 2.83. The lowest BCUT2D eigenvalue weighted by Gasteiger charge is -2.22. The van der Waals surface area contributed by atoms with E-state index in [1.54, 1.807) is 0 Å². The molecule has 0 aliphatic rings. The zero-order chi connectivity index (χ0) is 7.98. The fourth-order valence-electron chi connectivity index (χ4n) is 0.793. The van der Waals surface area contributed by atoms with Gasteiger partial charge in [0.05, 0.1) is 0 Å². The minimum atomic E-state index is 0.238. The summed E-state index contributed by atoms with van der Waals surface area (Å²) in [4.78, 5) is 2.07. The summed E-state index contributed by atoms with van der Waals surface area (Å²) >= 11 is 4.14. The smallest absolute Gasteiger partial charge is 0.110 e. The maximum Gasteiger partial charge on any atom is 0.110 e. The number of thiol groups is 1. The summed E-state index contributed by atoms with van der Waals surface area (Å²) in [6.07, 6.45) is 1.23. The summed E-state index contributed by atoms with van der Waals surface area (Å²) in [5.74, 6) is 0.878. The van der Waals surface area contributed by atoms with Crippen LogP contribution in [0, 0.1) is 0 Å². The number of hydrogen-bond acceptors (Lipinski definition) is 3. The molecule has 0 heterocycles. The Labute approximate surface area is 69.0 Å². The van der Waals surface area contributed by atoms with Crippen LogP contribution in [0.1, 0.15) is 13.3 Å². The largest absolute Gasteiger partial charge is 0.363 e. The second kappa shape index (κ2) is 6.01. The molecule has 0 spiro atoms. The molecule has 0 rings (SSSR count). The SMILES string of the molecule is CCOC(CCS)N(C)C. The van der Waals surface area contributed by atoms with E-state index < -0.39 is 0 Å². The summed E-state index contributed by atoms with van der Waals surface area (Å²) in [5.41, 5.74) is 0. The van der Waals surface area contributed by atoms with Gasteiger partial charge in [0, 0.05) is 6.61 Å². The van der Waals surface area contributed by atoms with E-state index in [1.165, 1.54) is 0 Å². The van der Waals surface area contributed by atoms with Gasteiger partial charge >= 0.3 is 0 Å². The van der Waals surface area contributed by atoms with Crippen molar-refractivity contribution in [3.8, 4) is 0 Å². The Bertz CT molecular complexity index is 72.0. The van der Waals surface area contributed by atoms with Gasteiger partial charge < -0.3 is 4.74 Å². The zero-order valence-corrected chi connectivity index (χ0v) is 7.90. The highest BCUT2D eigenvalue weighted by Gasteiger charge is 2.08.